The van der Waals surface area contributed by atoms with Crippen molar-refractivity contribution in [3.63, 3.8) is 0 Å². The molecule has 0 saturated heterocycles. The molecule has 2 aromatic heterocycles. The van der Waals surface area contributed by atoms with Crippen molar-refractivity contribution >= 4 is 28.1 Å². The third-order valence-electron chi connectivity index (χ3n) is 4.58. The third-order valence-corrected chi connectivity index (χ3v) is 4.83. The molecule has 0 amide bonds. The summed E-state index contributed by atoms with van der Waals surface area (Å²) in [5.74, 6) is 0. The average Bonchev–Trinajstić information content (AvgIpc) is 3.03. The van der Waals surface area contributed by atoms with Crippen LogP contribution in [0.3, 0.4) is 0 Å². The lowest BCUT2D eigenvalue weighted by Crippen LogP contribution is -2.26. The number of benzene rings is 2. The molecular weight excluding hydrogens is 358 g/mol. The molecule has 0 bridgehead atoms. The number of nitrogens with zero attached hydrogens (tertiary/aromatic N) is 3. The van der Waals surface area contributed by atoms with Crippen LogP contribution in [0.2, 0.25) is 5.02 Å². The Balaban J connectivity index is 1.52. The van der Waals surface area contributed by atoms with Gasteiger partial charge in [-0.15, -0.1) is 0 Å². The van der Waals surface area contributed by atoms with E-state index in [0.29, 0.717) is 12.1 Å². The van der Waals surface area contributed by atoms with Crippen LogP contribution in [-0.2, 0) is 12.8 Å². The normalized spacial score (nSPS) is 12.4. The highest BCUT2D eigenvalue weighted by atomic mass is 35.5. The number of halogens is 1. The highest BCUT2D eigenvalue weighted by molar-refractivity contribution is 6.30. The van der Waals surface area contributed by atoms with Crippen LogP contribution in [-0.4, -0.2) is 20.8 Å². The van der Waals surface area contributed by atoms with Crippen molar-refractivity contribution in [2.45, 2.75) is 18.9 Å². The highest BCUT2D eigenvalue weighted by Gasteiger charge is 2.13. The number of hydrogen-bond donors (Lipinski definition) is 2. The Morgan fingerprint density at radius 2 is 1.81 bits per heavy atom. The lowest BCUT2D eigenvalue weighted by molar-refractivity contribution is 0.648. The quantitative estimate of drug-likeness (QED) is 0.554. The fourth-order valence-electron chi connectivity index (χ4n) is 3.17. The highest BCUT2D eigenvalue weighted by Crippen LogP contribution is 2.20. The summed E-state index contributed by atoms with van der Waals surface area (Å²) >= 11 is 5.93. The number of hydrogen-bond acceptors (Lipinski definition) is 4. The van der Waals surface area contributed by atoms with Crippen molar-refractivity contribution in [3.8, 4) is 5.69 Å². The zero-order valence-electron chi connectivity index (χ0n) is 14.7. The maximum atomic E-state index is 6.32. The molecule has 1 atom stereocenters. The number of fused-ring (bicyclic) bond motifs is 1. The van der Waals surface area contributed by atoms with Crippen LogP contribution >= 0.6 is 11.6 Å². The van der Waals surface area contributed by atoms with E-state index in [9.17, 15) is 0 Å². The summed E-state index contributed by atoms with van der Waals surface area (Å²) < 4.78 is 1.81. The van der Waals surface area contributed by atoms with Crippen molar-refractivity contribution in [2.75, 3.05) is 5.73 Å². The summed E-state index contributed by atoms with van der Waals surface area (Å²) in [6.07, 6.45) is 6.82. The molecular formula is C21H20ClN5. The summed E-state index contributed by atoms with van der Waals surface area (Å²) in [4.78, 5) is 4.14. The second kappa shape index (κ2) is 7.39. The van der Waals surface area contributed by atoms with E-state index in [2.05, 4.69) is 16.1 Å². The van der Waals surface area contributed by atoms with Crippen LogP contribution in [0.25, 0.3) is 16.5 Å². The molecule has 2 heterocycles. The van der Waals surface area contributed by atoms with E-state index in [-0.39, 0.29) is 6.04 Å². The summed E-state index contributed by atoms with van der Waals surface area (Å²) in [6.45, 7) is 0. The van der Waals surface area contributed by atoms with Crippen molar-refractivity contribution in [1.29, 1.82) is 0 Å². The third kappa shape index (κ3) is 3.94. The van der Waals surface area contributed by atoms with Gasteiger partial charge in [-0.25, -0.2) is 4.68 Å². The van der Waals surface area contributed by atoms with E-state index in [1.165, 1.54) is 0 Å². The molecule has 0 unspecified atom stereocenters. The van der Waals surface area contributed by atoms with Crippen LogP contribution in [0, 0.1) is 0 Å². The van der Waals surface area contributed by atoms with Gasteiger partial charge in [-0.05, 0) is 47.7 Å². The van der Waals surface area contributed by atoms with Crippen molar-refractivity contribution in [2.24, 2.45) is 5.73 Å². The first-order valence-corrected chi connectivity index (χ1v) is 9.14. The van der Waals surface area contributed by atoms with Gasteiger partial charge in [-0.3, -0.25) is 4.98 Å². The molecule has 27 heavy (non-hydrogen) atoms. The Hall–Kier alpha value is -2.89. The van der Waals surface area contributed by atoms with Crippen LogP contribution in [0.1, 0.15) is 11.3 Å². The Kier molecular flexibility index (Phi) is 4.79. The molecule has 6 heteroatoms. The number of anilines is 1. The summed E-state index contributed by atoms with van der Waals surface area (Å²) in [7, 11) is 0. The van der Waals surface area contributed by atoms with Crippen molar-refractivity contribution in [1.82, 2.24) is 14.8 Å². The molecule has 0 fully saturated rings. The molecule has 136 valence electrons. The molecule has 4 aromatic rings. The minimum atomic E-state index is -0.0699. The minimum absolute atomic E-state index is 0.0699. The molecule has 0 spiro atoms. The first kappa shape index (κ1) is 17.5. The molecule has 2 aromatic carbocycles. The molecule has 0 radical (unpaired) electrons. The van der Waals surface area contributed by atoms with E-state index in [0.717, 1.165) is 39.2 Å². The first-order chi connectivity index (χ1) is 13.1. The Labute approximate surface area is 162 Å². The van der Waals surface area contributed by atoms with Gasteiger partial charge in [0, 0.05) is 35.3 Å². The number of pyridine rings is 1. The lowest BCUT2D eigenvalue weighted by Gasteiger charge is -2.10. The molecule has 5 nitrogen and oxygen atoms in total. The van der Waals surface area contributed by atoms with Gasteiger partial charge < -0.3 is 11.5 Å². The largest absolute Gasteiger partial charge is 0.396 e. The Morgan fingerprint density at radius 3 is 2.63 bits per heavy atom. The number of nitrogen functional groups attached to an aromatic ring is 1. The van der Waals surface area contributed by atoms with E-state index in [1.807, 2.05) is 54.9 Å². The van der Waals surface area contributed by atoms with Gasteiger partial charge in [-0.1, -0.05) is 29.8 Å². The topological polar surface area (TPSA) is 82.8 Å². The van der Waals surface area contributed by atoms with Gasteiger partial charge in [-0.2, -0.15) is 5.10 Å². The minimum Gasteiger partial charge on any atom is -0.396 e. The zero-order chi connectivity index (χ0) is 18.8. The zero-order valence-corrected chi connectivity index (χ0v) is 15.5. The van der Waals surface area contributed by atoms with Gasteiger partial charge in [0.15, 0.2) is 0 Å². The second-order valence-electron chi connectivity index (χ2n) is 6.68. The molecule has 0 saturated carbocycles. The predicted molar refractivity (Wildman–Crippen MR) is 110 cm³/mol. The van der Waals surface area contributed by atoms with Gasteiger partial charge >= 0.3 is 0 Å². The lowest BCUT2D eigenvalue weighted by atomic mass is 10.0. The first-order valence-electron chi connectivity index (χ1n) is 8.77. The summed E-state index contributed by atoms with van der Waals surface area (Å²) in [6, 6.07) is 15.8. The van der Waals surface area contributed by atoms with E-state index in [1.54, 1.807) is 10.9 Å². The standard InChI is InChI=1S/C21H20ClN5/c22-17-4-1-14(2-5-17)9-18(23)11-21-20(24)13-27(26-21)19-6-3-16-12-25-8-7-15(16)10-19/h1-8,10,12-13,18H,9,11,23-24H2/t18-/m0/s1. The molecule has 0 aliphatic carbocycles. The molecule has 0 aliphatic rings. The van der Waals surface area contributed by atoms with Gasteiger partial charge in [0.25, 0.3) is 0 Å². The maximum Gasteiger partial charge on any atom is 0.0873 e. The van der Waals surface area contributed by atoms with Crippen LogP contribution in [0.15, 0.2) is 67.1 Å². The second-order valence-corrected chi connectivity index (χ2v) is 7.11. The molecule has 4 rings (SSSR count). The van der Waals surface area contributed by atoms with Crippen LogP contribution in [0.5, 0.6) is 0 Å². The van der Waals surface area contributed by atoms with Crippen LogP contribution in [0.4, 0.5) is 5.69 Å². The van der Waals surface area contributed by atoms with Crippen molar-refractivity contribution < 1.29 is 0 Å². The Morgan fingerprint density at radius 1 is 1.00 bits per heavy atom. The predicted octanol–water partition coefficient (Wildman–Crippen LogP) is 3.77. The smallest absolute Gasteiger partial charge is 0.0873 e. The monoisotopic (exact) mass is 377 g/mol. The molecule has 4 N–H and O–H groups in total. The van der Waals surface area contributed by atoms with Gasteiger partial charge in [0.1, 0.15) is 0 Å². The Bertz CT molecular complexity index is 1070. The molecule has 0 aliphatic heterocycles. The van der Waals surface area contributed by atoms with Gasteiger partial charge in [0.05, 0.1) is 23.3 Å². The number of nitrogens with two attached hydrogens (primary N) is 2. The SMILES string of the molecule is Nc1cn(-c2ccc3cnccc3c2)nc1C[C@@H](N)Cc1ccc(Cl)cc1. The van der Waals surface area contributed by atoms with Gasteiger partial charge in [0.2, 0.25) is 0 Å². The van der Waals surface area contributed by atoms with Crippen LogP contribution < -0.4 is 11.5 Å². The van der Waals surface area contributed by atoms with Crippen molar-refractivity contribution in [3.05, 3.63) is 83.4 Å². The maximum absolute atomic E-state index is 6.32. The number of rotatable bonds is 5. The van der Waals surface area contributed by atoms with E-state index < -0.39 is 0 Å². The fourth-order valence-corrected chi connectivity index (χ4v) is 3.30. The van der Waals surface area contributed by atoms with E-state index >= 15 is 0 Å². The fraction of sp³-hybridized carbons (Fsp3) is 0.143. The number of aromatic nitrogens is 3. The average molecular weight is 378 g/mol. The van der Waals surface area contributed by atoms with E-state index in [4.69, 9.17) is 23.1 Å². The summed E-state index contributed by atoms with van der Waals surface area (Å²) in [5, 5.41) is 7.58. The summed E-state index contributed by atoms with van der Waals surface area (Å²) in [5.41, 5.74) is 16.1.